The maximum absolute atomic E-state index is 6.10. The zero-order valence-corrected chi connectivity index (χ0v) is 19.1. The van der Waals surface area contributed by atoms with Crippen molar-refractivity contribution in [3.63, 3.8) is 0 Å². The number of anilines is 2. The first-order valence-electron chi connectivity index (χ1n) is 11.8. The Morgan fingerprint density at radius 2 is 1.82 bits per heavy atom. The standard InChI is InChI=1S/C25H32N8/c1-27-16-21-23(26)28-18-29-25(21)32-12-8-20(9-13-32)24-30-22(19-6-3-2-4-7-19)17-33(24)15-14-31-10-5-11-31/h2-4,6-7,17-18,20H,1,5,8-16H2,(H2,26,28,29). The summed E-state index contributed by atoms with van der Waals surface area (Å²) in [5.74, 6) is 3.02. The summed E-state index contributed by atoms with van der Waals surface area (Å²) in [6.07, 6.45) is 7.16. The van der Waals surface area contributed by atoms with E-state index in [1.807, 2.05) is 0 Å². The highest BCUT2D eigenvalue weighted by molar-refractivity contribution is 5.59. The van der Waals surface area contributed by atoms with Crippen molar-refractivity contribution in [1.29, 1.82) is 0 Å². The second-order valence-corrected chi connectivity index (χ2v) is 8.94. The molecule has 0 saturated carbocycles. The predicted octanol–water partition coefficient (Wildman–Crippen LogP) is 3.21. The summed E-state index contributed by atoms with van der Waals surface area (Å²) in [6.45, 7) is 10.4. The fraction of sp³-hybridized carbons (Fsp3) is 0.440. The lowest BCUT2D eigenvalue weighted by Gasteiger charge is -2.34. The Morgan fingerprint density at radius 1 is 1.03 bits per heavy atom. The molecule has 33 heavy (non-hydrogen) atoms. The number of likely N-dealkylation sites (tertiary alicyclic amines) is 1. The van der Waals surface area contributed by atoms with E-state index in [2.05, 4.69) is 72.6 Å². The summed E-state index contributed by atoms with van der Waals surface area (Å²) in [6, 6.07) is 10.5. The SMILES string of the molecule is C=NCc1c(N)ncnc1N1CCC(c2nc(-c3ccccc3)cn2CCN2CCC2)CC1. The van der Waals surface area contributed by atoms with Gasteiger partial charge in [-0.25, -0.2) is 15.0 Å². The third-order valence-corrected chi connectivity index (χ3v) is 6.87. The van der Waals surface area contributed by atoms with Crippen LogP contribution in [0.15, 0.2) is 47.8 Å². The van der Waals surface area contributed by atoms with Crippen molar-refractivity contribution >= 4 is 18.4 Å². The van der Waals surface area contributed by atoms with E-state index in [-0.39, 0.29) is 0 Å². The maximum Gasteiger partial charge on any atom is 0.139 e. The Hall–Kier alpha value is -3.26. The van der Waals surface area contributed by atoms with Gasteiger partial charge in [-0.3, -0.25) is 4.99 Å². The Morgan fingerprint density at radius 3 is 2.52 bits per heavy atom. The van der Waals surface area contributed by atoms with E-state index in [9.17, 15) is 0 Å². The number of nitrogen functional groups attached to an aromatic ring is 1. The van der Waals surface area contributed by atoms with Crippen molar-refractivity contribution in [3.05, 3.63) is 54.2 Å². The van der Waals surface area contributed by atoms with E-state index in [1.54, 1.807) is 0 Å². The number of piperidine rings is 1. The molecule has 2 N–H and O–H groups in total. The summed E-state index contributed by atoms with van der Waals surface area (Å²) < 4.78 is 2.40. The molecular formula is C25H32N8. The molecule has 8 nitrogen and oxygen atoms in total. The highest BCUT2D eigenvalue weighted by atomic mass is 15.2. The van der Waals surface area contributed by atoms with E-state index < -0.39 is 0 Å². The van der Waals surface area contributed by atoms with Gasteiger partial charge >= 0.3 is 0 Å². The first-order valence-corrected chi connectivity index (χ1v) is 11.8. The van der Waals surface area contributed by atoms with E-state index in [4.69, 9.17) is 10.7 Å². The van der Waals surface area contributed by atoms with Crippen LogP contribution < -0.4 is 10.6 Å². The van der Waals surface area contributed by atoms with Crippen LogP contribution in [0.5, 0.6) is 0 Å². The Kier molecular flexibility index (Phi) is 6.35. The molecule has 1 aromatic carbocycles. The van der Waals surface area contributed by atoms with Gasteiger partial charge in [0.2, 0.25) is 0 Å². The van der Waals surface area contributed by atoms with Crippen molar-refractivity contribution < 1.29 is 0 Å². The molecule has 2 saturated heterocycles. The van der Waals surface area contributed by atoms with Crippen molar-refractivity contribution in [2.45, 2.75) is 38.3 Å². The van der Waals surface area contributed by atoms with Crippen LogP contribution in [0.2, 0.25) is 0 Å². The molecule has 3 aromatic rings. The van der Waals surface area contributed by atoms with Crippen molar-refractivity contribution in [3.8, 4) is 11.3 Å². The van der Waals surface area contributed by atoms with Crippen LogP contribution in [0, 0.1) is 0 Å². The lowest BCUT2D eigenvalue weighted by Crippen LogP contribution is -2.39. The number of aromatic nitrogens is 4. The Bertz CT molecular complexity index is 1080. The molecule has 8 heteroatoms. The first kappa shape index (κ1) is 21.6. The zero-order chi connectivity index (χ0) is 22.6. The number of hydrogen-bond donors (Lipinski definition) is 1. The number of imidazole rings is 1. The van der Waals surface area contributed by atoms with Crippen molar-refractivity contribution in [2.75, 3.05) is 43.4 Å². The monoisotopic (exact) mass is 444 g/mol. The molecule has 2 fully saturated rings. The third-order valence-electron chi connectivity index (χ3n) is 6.87. The van der Waals surface area contributed by atoms with Crippen molar-refractivity contribution in [1.82, 2.24) is 24.4 Å². The molecule has 2 aliphatic heterocycles. The van der Waals surface area contributed by atoms with E-state index >= 15 is 0 Å². The molecule has 2 aliphatic rings. The van der Waals surface area contributed by atoms with E-state index in [0.717, 1.165) is 56.1 Å². The van der Waals surface area contributed by atoms with Gasteiger partial charge in [-0.2, -0.15) is 0 Å². The highest BCUT2D eigenvalue weighted by Crippen LogP contribution is 2.33. The summed E-state index contributed by atoms with van der Waals surface area (Å²) >= 11 is 0. The summed E-state index contributed by atoms with van der Waals surface area (Å²) in [5, 5.41) is 0. The molecule has 0 spiro atoms. The summed E-state index contributed by atoms with van der Waals surface area (Å²) in [7, 11) is 0. The number of rotatable bonds is 8. The fourth-order valence-corrected chi connectivity index (χ4v) is 4.84. The van der Waals surface area contributed by atoms with Crippen LogP contribution >= 0.6 is 0 Å². The van der Waals surface area contributed by atoms with Gasteiger partial charge in [0, 0.05) is 43.9 Å². The third kappa shape index (κ3) is 4.61. The lowest BCUT2D eigenvalue weighted by atomic mass is 9.95. The number of nitrogens with zero attached hydrogens (tertiary/aromatic N) is 7. The van der Waals surface area contributed by atoms with Gasteiger partial charge in [0.25, 0.3) is 0 Å². The molecule has 0 radical (unpaired) electrons. The number of aliphatic imine (C=N–C) groups is 1. The normalized spacial score (nSPS) is 17.2. The van der Waals surface area contributed by atoms with Crippen LogP contribution in [0.25, 0.3) is 11.3 Å². The van der Waals surface area contributed by atoms with Gasteiger partial charge in [0.05, 0.1) is 17.8 Å². The van der Waals surface area contributed by atoms with Crippen LogP contribution in [-0.4, -0.2) is 63.9 Å². The fourth-order valence-electron chi connectivity index (χ4n) is 4.84. The van der Waals surface area contributed by atoms with Crippen LogP contribution in [0.1, 0.15) is 36.6 Å². The maximum atomic E-state index is 6.10. The van der Waals surface area contributed by atoms with Gasteiger partial charge in [-0.15, -0.1) is 0 Å². The lowest BCUT2D eigenvalue weighted by molar-refractivity contribution is 0.173. The van der Waals surface area contributed by atoms with Gasteiger partial charge in [0.15, 0.2) is 0 Å². The predicted molar refractivity (Wildman–Crippen MR) is 133 cm³/mol. The molecule has 0 unspecified atom stereocenters. The molecule has 2 aromatic heterocycles. The smallest absolute Gasteiger partial charge is 0.139 e. The van der Waals surface area contributed by atoms with Gasteiger partial charge < -0.3 is 20.1 Å². The minimum Gasteiger partial charge on any atom is -0.383 e. The largest absolute Gasteiger partial charge is 0.383 e. The molecule has 0 bridgehead atoms. The van der Waals surface area contributed by atoms with Crippen LogP contribution in [-0.2, 0) is 13.1 Å². The molecular weight excluding hydrogens is 412 g/mol. The molecule has 172 valence electrons. The molecule has 5 rings (SSSR count). The number of benzene rings is 1. The second-order valence-electron chi connectivity index (χ2n) is 8.94. The van der Waals surface area contributed by atoms with Crippen LogP contribution in [0.4, 0.5) is 11.6 Å². The first-order chi connectivity index (χ1) is 16.2. The average Bonchev–Trinajstić information content (AvgIpc) is 3.24. The molecule has 0 atom stereocenters. The Balaban J connectivity index is 1.34. The minimum absolute atomic E-state index is 0.426. The van der Waals surface area contributed by atoms with Crippen LogP contribution in [0.3, 0.4) is 0 Å². The van der Waals surface area contributed by atoms with E-state index in [0.29, 0.717) is 18.3 Å². The van der Waals surface area contributed by atoms with Crippen molar-refractivity contribution in [2.24, 2.45) is 4.99 Å². The number of nitrogens with two attached hydrogens (primary N) is 1. The Labute approximate surface area is 195 Å². The molecule has 4 heterocycles. The molecule has 0 aliphatic carbocycles. The van der Waals surface area contributed by atoms with Gasteiger partial charge in [-0.05, 0) is 39.1 Å². The minimum atomic E-state index is 0.426. The summed E-state index contributed by atoms with van der Waals surface area (Å²) in [5.41, 5.74) is 9.22. The zero-order valence-electron chi connectivity index (χ0n) is 19.1. The summed E-state index contributed by atoms with van der Waals surface area (Å²) in [4.78, 5) is 22.7. The quantitative estimate of drug-likeness (QED) is 0.537. The van der Waals surface area contributed by atoms with E-state index in [1.165, 1.54) is 37.2 Å². The molecule has 0 amide bonds. The van der Waals surface area contributed by atoms with Gasteiger partial charge in [0.1, 0.15) is 23.8 Å². The van der Waals surface area contributed by atoms with Gasteiger partial charge in [-0.1, -0.05) is 30.3 Å². The topological polar surface area (TPSA) is 88.5 Å². The number of hydrogen-bond acceptors (Lipinski definition) is 7. The highest BCUT2D eigenvalue weighted by Gasteiger charge is 2.27. The second kappa shape index (κ2) is 9.70. The average molecular weight is 445 g/mol.